The van der Waals surface area contributed by atoms with E-state index in [1.165, 1.54) is 0 Å². The maximum absolute atomic E-state index is 12.2. The van der Waals surface area contributed by atoms with Gasteiger partial charge in [0.05, 0.1) is 17.1 Å². The zero-order valence-corrected chi connectivity index (χ0v) is 14.2. The van der Waals surface area contributed by atoms with Gasteiger partial charge in [-0.15, -0.1) is 0 Å². The molecule has 7 heteroatoms. The summed E-state index contributed by atoms with van der Waals surface area (Å²) >= 11 is 3.39. The van der Waals surface area contributed by atoms with Crippen LogP contribution in [0.2, 0.25) is 0 Å². The van der Waals surface area contributed by atoms with Crippen molar-refractivity contribution in [2.45, 2.75) is 18.4 Å². The molecule has 0 atom stereocenters. The summed E-state index contributed by atoms with van der Waals surface area (Å²) in [6.45, 7) is 2.06. The molecule has 1 aromatic carbocycles. The minimum Gasteiger partial charge on any atom is -0.306 e. The molecule has 5 nitrogen and oxygen atoms in total. The summed E-state index contributed by atoms with van der Waals surface area (Å²) in [5.41, 5.74) is 2.45. The second-order valence-electron chi connectivity index (χ2n) is 4.98. The first-order chi connectivity index (χ1) is 10.4. The molecule has 114 valence electrons. The average Bonchev–Trinajstić information content (AvgIpc) is 2.88. The van der Waals surface area contributed by atoms with Gasteiger partial charge < -0.3 is 4.40 Å². The highest BCUT2D eigenvalue weighted by molar-refractivity contribution is 9.10. The summed E-state index contributed by atoms with van der Waals surface area (Å²) in [4.78, 5) is 4.63. The lowest BCUT2D eigenvalue weighted by Crippen LogP contribution is -2.23. The van der Waals surface area contributed by atoms with Crippen molar-refractivity contribution in [2.24, 2.45) is 0 Å². The predicted octanol–water partition coefficient (Wildman–Crippen LogP) is 2.88. The molecule has 0 aliphatic rings. The van der Waals surface area contributed by atoms with Crippen molar-refractivity contribution in [3.8, 4) is 0 Å². The first kappa shape index (κ1) is 15.2. The van der Waals surface area contributed by atoms with Crippen LogP contribution in [0.1, 0.15) is 11.3 Å². The van der Waals surface area contributed by atoms with Crippen LogP contribution in [0, 0.1) is 6.92 Å². The van der Waals surface area contributed by atoms with Crippen molar-refractivity contribution in [1.82, 2.24) is 14.1 Å². The molecule has 0 saturated carbocycles. The van der Waals surface area contributed by atoms with Gasteiger partial charge in [0.15, 0.2) is 0 Å². The van der Waals surface area contributed by atoms with Crippen LogP contribution in [0.5, 0.6) is 0 Å². The smallest absolute Gasteiger partial charge is 0.240 e. The Morgan fingerprint density at radius 2 is 1.86 bits per heavy atom. The van der Waals surface area contributed by atoms with Crippen molar-refractivity contribution in [1.29, 1.82) is 0 Å². The van der Waals surface area contributed by atoms with Crippen LogP contribution in [-0.2, 0) is 16.6 Å². The van der Waals surface area contributed by atoms with Crippen LogP contribution in [-0.4, -0.2) is 17.8 Å². The van der Waals surface area contributed by atoms with E-state index >= 15 is 0 Å². The number of hydrogen-bond acceptors (Lipinski definition) is 3. The van der Waals surface area contributed by atoms with Crippen molar-refractivity contribution >= 4 is 31.6 Å². The second kappa shape index (κ2) is 5.83. The van der Waals surface area contributed by atoms with E-state index in [0.717, 1.165) is 15.7 Å². The standard InChI is InChI=1S/C15H14BrN3O2S/c1-11-2-5-14(6-3-11)22(20,21)17-8-13-10-19-9-12(16)4-7-15(19)18-13/h2-7,9-10,17H,8H2,1H3. The van der Waals surface area contributed by atoms with E-state index in [9.17, 15) is 8.42 Å². The molecule has 0 aliphatic carbocycles. The number of nitrogens with one attached hydrogen (secondary N) is 1. The average molecular weight is 380 g/mol. The zero-order valence-electron chi connectivity index (χ0n) is 11.8. The van der Waals surface area contributed by atoms with Gasteiger partial charge in [-0.3, -0.25) is 0 Å². The third-order valence-corrected chi connectivity index (χ3v) is 5.13. The van der Waals surface area contributed by atoms with E-state index in [4.69, 9.17) is 0 Å². The molecular formula is C15H14BrN3O2S. The number of hydrogen-bond donors (Lipinski definition) is 1. The Morgan fingerprint density at radius 3 is 2.59 bits per heavy atom. The molecule has 0 amide bonds. The number of aromatic nitrogens is 2. The molecule has 1 N–H and O–H groups in total. The van der Waals surface area contributed by atoms with Crippen molar-refractivity contribution in [2.75, 3.05) is 0 Å². The van der Waals surface area contributed by atoms with Gasteiger partial charge in [0, 0.05) is 16.9 Å². The summed E-state index contributed by atoms with van der Waals surface area (Å²) in [6, 6.07) is 10.5. The lowest BCUT2D eigenvalue weighted by Gasteiger charge is -2.05. The third-order valence-electron chi connectivity index (χ3n) is 3.24. The summed E-state index contributed by atoms with van der Waals surface area (Å²) in [6.07, 6.45) is 3.68. The number of nitrogens with zero attached hydrogens (tertiary/aromatic N) is 2. The van der Waals surface area contributed by atoms with Gasteiger partial charge in [-0.25, -0.2) is 18.1 Å². The number of aryl methyl sites for hydroxylation is 1. The fourth-order valence-electron chi connectivity index (χ4n) is 2.07. The minimum atomic E-state index is -3.53. The molecule has 0 fully saturated rings. The molecule has 3 rings (SSSR count). The number of halogens is 1. The van der Waals surface area contributed by atoms with Crippen LogP contribution in [0.15, 0.2) is 58.2 Å². The SMILES string of the molecule is Cc1ccc(S(=O)(=O)NCc2cn3cc(Br)ccc3n2)cc1. The molecule has 0 radical (unpaired) electrons. The Hall–Kier alpha value is -1.70. The van der Waals surface area contributed by atoms with E-state index in [1.54, 1.807) is 30.5 Å². The van der Waals surface area contributed by atoms with E-state index in [2.05, 4.69) is 25.6 Å². The highest BCUT2D eigenvalue weighted by Crippen LogP contribution is 2.14. The summed E-state index contributed by atoms with van der Waals surface area (Å²) in [5, 5.41) is 0. The maximum atomic E-state index is 12.2. The van der Waals surface area contributed by atoms with Gasteiger partial charge >= 0.3 is 0 Å². The molecule has 0 saturated heterocycles. The monoisotopic (exact) mass is 379 g/mol. The Morgan fingerprint density at radius 1 is 1.14 bits per heavy atom. The Labute approximate surface area is 137 Å². The van der Waals surface area contributed by atoms with Crippen LogP contribution < -0.4 is 4.72 Å². The first-order valence-electron chi connectivity index (χ1n) is 6.63. The predicted molar refractivity (Wildman–Crippen MR) is 88.1 cm³/mol. The van der Waals surface area contributed by atoms with E-state index in [1.807, 2.05) is 29.7 Å². The summed E-state index contributed by atoms with van der Waals surface area (Å²) < 4.78 is 29.8. The number of benzene rings is 1. The summed E-state index contributed by atoms with van der Waals surface area (Å²) in [7, 11) is -3.53. The van der Waals surface area contributed by atoms with Crippen molar-refractivity contribution in [3.05, 3.63) is 64.5 Å². The molecule has 22 heavy (non-hydrogen) atoms. The molecule has 0 aliphatic heterocycles. The first-order valence-corrected chi connectivity index (χ1v) is 8.91. The van der Waals surface area contributed by atoms with Gasteiger partial charge in [0.1, 0.15) is 5.65 Å². The number of pyridine rings is 1. The van der Waals surface area contributed by atoms with Gasteiger partial charge in [0.25, 0.3) is 0 Å². The number of fused-ring (bicyclic) bond motifs is 1. The zero-order chi connectivity index (χ0) is 15.7. The highest BCUT2D eigenvalue weighted by Gasteiger charge is 2.14. The van der Waals surface area contributed by atoms with Crippen molar-refractivity contribution in [3.63, 3.8) is 0 Å². The molecule has 0 bridgehead atoms. The highest BCUT2D eigenvalue weighted by atomic mass is 79.9. The van der Waals surface area contributed by atoms with Crippen molar-refractivity contribution < 1.29 is 8.42 Å². The lowest BCUT2D eigenvalue weighted by atomic mass is 10.2. The lowest BCUT2D eigenvalue weighted by molar-refractivity contribution is 0.580. The second-order valence-corrected chi connectivity index (χ2v) is 7.67. The molecular weight excluding hydrogens is 366 g/mol. The number of imidazole rings is 1. The molecule has 0 unspecified atom stereocenters. The Kier molecular flexibility index (Phi) is 4.03. The number of rotatable bonds is 4. The fraction of sp³-hybridized carbons (Fsp3) is 0.133. The van der Waals surface area contributed by atoms with Crippen LogP contribution in [0.3, 0.4) is 0 Å². The largest absolute Gasteiger partial charge is 0.306 e. The molecule has 0 spiro atoms. The van der Waals surface area contributed by atoms with Gasteiger partial charge in [-0.2, -0.15) is 0 Å². The van der Waals surface area contributed by atoms with E-state index < -0.39 is 10.0 Å². The van der Waals surface area contributed by atoms with E-state index in [0.29, 0.717) is 5.69 Å². The van der Waals surface area contributed by atoms with Gasteiger partial charge in [0.2, 0.25) is 10.0 Å². The Balaban J connectivity index is 1.79. The minimum absolute atomic E-state index is 0.148. The summed E-state index contributed by atoms with van der Waals surface area (Å²) in [5.74, 6) is 0. The van der Waals surface area contributed by atoms with Gasteiger partial charge in [-0.1, -0.05) is 17.7 Å². The van der Waals surface area contributed by atoms with Gasteiger partial charge in [-0.05, 0) is 47.1 Å². The Bertz CT molecular complexity index is 918. The fourth-order valence-corrected chi connectivity index (χ4v) is 3.42. The topological polar surface area (TPSA) is 63.5 Å². The normalized spacial score (nSPS) is 11.9. The van der Waals surface area contributed by atoms with Crippen LogP contribution in [0.25, 0.3) is 5.65 Å². The van der Waals surface area contributed by atoms with Crippen LogP contribution >= 0.6 is 15.9 Å². The third kappa shape index (κ3) is 3.21. The molecule has 3 aromatic rings. The number of sulfonamides is 1. The van der Waals surface area contributed by atoms with Crippen LogP contribution in [0.4, 0.5) is 0 Å². The maximum Gasteiger partial charge on any atom is 0.240 e. The molecule has 2 aromatic heterocycles. The molecule has 2 heterocycles. The quantitative estimate of drug-likeness (QED) is 0.757. The van der Waals surface area contributed by atoms with E-state index in [-0.39, 0.29) is 11.4 Å².